The lowest BCUT2D eigenvalue weighted by Gasteiger charge is -2.21. The lowest BCUT2D eigenvalue weighted by molar-refractivity contribution is 0.881. The van der Waals surface area contributed by atoms with Gasteiger partial charge in [-0.25, -0.2) is 15.8 Å². The Hall–Kier alpha value is -1.66. The van der Waals surface area contributed by atoms with Gasteiger partial charge in [-0.15, -0.1) is 11.3 Å². The van der Waals surface area contributed by atoms with Crippen LogP contribution in [0.1, 0.15) is 17.4 Å². The van der Waals surface area contributed by atoms with E-state index in [1.54, 1.807) is 11.3 Å². The van der Waals surface area contributed by atoms with Gasteiger partial charge in [-0.2, -0.15) is 0 Å². The summed E-state index contributed by atoms with van der Waals surface area (Å²) in [6.45, 7) is 2.91. The molecule has 0 saturated carbocycles. The number of hydrazine groups is 1. The van der Waals surface area contributed by atoms with E-state index in [-0.39, 0.29) is 0 Å². The van der Waals surface area contributed by atoms with Crippen LogP contribution in [0, 0.1) is 0 Å². The van der Waals surface area contributed by atoms with Gasteiger partial charge in [-0.1, -0.05) is 13.0 Å². The van der Waals surface area contributed by atoms with Gasteiger partial charge in [-0.3, -0.25) is 0 Å². The summed E-state index contributed by atoms with van der Waals surface area (Å²) in [6, 6.07) is 4.18. The van der Waals surface area contributed by atoms with Gasteiger partial charge in [0.15, 0.2) is 0 Å². The Morgan fingerprint density at radius 2 is 2.28 bits per heavy atom. The lowest BCUT2D eigenvalue weighted by atomic mass is 10.2. The van der Waals surface area contributed by atoms with Crippen molar-refractivity contribution < 1.29 is 0 Å². The zero-order valence-corrected chi connectivity index (χ0v) is 11.4. The minimum absolute atomic E-state index is 0.695. The number of thiophene rings is 1. The van der Waals surface area contributed by atoms with Gasteiger partial charge >= 0.3 is 0 Å². The second kappa shape index (κ2) is 5.79. The SMILES string of the molecule is CCc1c(NN)ncnc1N(C)Cc1cccs1. The molecule has 2 aromatic heterocycles. The molecular formula is C12H17N5S. The minimum atomic E-state index is 0.695. The standard InChI is InChI=1S/C12H17N5S/c1-3-10-11(16-13)14-8-15-12(10)17(2)7-9-5-4-6-18-9/h4-6,8H,3,7,13H2,1-2H3,(H,14,15,16). The zero-order chi connectivity index (χ0) is 13.0. The zero-order valence-electron chi connectivity index (χ0n) is 10.6. The fourth-order valence-electron chi connectivity index (χ4n) is 1.89. The van der Waals surface area contributed by atoms with E-state index in [9.17, 15) is 0 Å². The van der Waals surface area contributed by atoms with E-state index in [2.05, 4.69) is 44.7 Å². The van der Waals surface area contributed by atoms with Crippen molar-refractivity contribution in [2.24, 2.45) is 5.84 Å². The highest BCUT2D eigenvalue weighted by Crippen LogP contribution is 2.24. The summed E-state index contributed by atoms with van der Waals surface area (Å²) >= 11 is 1.74. The van der Waals surface area contributed by atoms with E-state index in [0.717, 1.165) is 24.3 Å². The molecule has 2 aromatic rings. The highest BCUT2D eigenvalue weighted by Gasteiger charge is 2.13. The number of aromatic nitrogens is 2. The van der Waals surface area contributed by atoms with Crippen molar-refractivity contribution in [2.45, 2.75) is 19.9 Å². The number of nitrogen functional groups attached to an aromatic ring is 1. The maximum atomic E-state index is 5.47. The molecule has 0 aromatic carbocycles. The number of nitrogens with one attached hydrogen (secondary N) is 1. The lowest BCUT2D eigenvalue weighted by Crippen LogP contribution is -2.21. The first-order valence-electron chi connectivity index (χ1n) is 5.80. The molecule has 0 fully saturated rings. The summed E-state index contributed by atoms with van der Waals surface area (Å²) in [7, 11) is 2.03. The van der Waals surface area contributed by atoms with Crippen molar-refractivity contribution in [1.82, 2.24) is 9.97 Å². The Bertz CT molecular complexity index is 497. The van der Waals surface area contributed by atoms with Gasteiger partial charge in [0.2, 0.25) is 0 Å². The maximum absolute atomic E-state index is 5.47. The Kier molecular flexibility index (Phi) is 4.11. The normalized spacial score (nSPS) is 10.4. The number of nitrogens with two attached hydrogens (primary N) is 1. The van der Waals surface area contributed by atoms with Crippen LogP contribution in [0.25, 0.3) is 0 Å². The quantitative estimate of drug-likeness (QED) is 0.638. The number of anilines is 2. The van der Waals surface area contributed by atoms with E-state index < -0.39 is 0 Å². The molecule has 0 spiro atoms. The summed E-state index contributed by atoms with van der Waals surface area (Å²) in [6.07, 6.45) is 2.37. The highest BCUT2D eigenvalue weighted by atomic mass is 32.1. The van der Waals surface area contributed by atoms with E-state index in [1.807, 2.05) is 7.05 Å². The smallest absolute Gasteiger partial charge is 0.148 e. The fraction of sp³-hybridized carbons (Fsp3) is 0.333. The van der Waals surface area contributed by atoms with Crippen molar-refractivity contribution in [3.63, 3.8) is 0 Å². The molecule has 18 heavy (non-hydrogen) atoms. The molecule has 0 aliphatic carbocycles. The van der Waals surface area contributed by atoms with Crippen LogP contribution in [0.15, 0.2) is 23.8 Å². The molecule has 0 radical (unpaired) electrons. The number of hydrogen-bond donors (Lipinski definition) is 2. The predicted octanol–water partition coefficient (Wildman–Crippen LogP) is 2.02. The van der Waals surface area contributed by atoms with Crippen molar-refractivity contribution in [3.8, 4) is 0 Å². The number of rotatable bonds is 5. The second-order valence-corrected chi connectivity index (χ2v) is 4.99. The molecule has 2 heterocycles. The summed E-state index contributed by atoms with van der Waals surface area (Å²) in [4.78, 5) is 11.9. The average molecular weight is 263 g/mol. The molecule has 0 saturated heterocycles. The van der Waals surface area contributed by atoms with Gasteiger partial charge in [-0.05, 0) is 17.9 Å². The molecule has 5 nitrogen and oxygen atoms in total. The van der Waals surface area contributed by atoms with Crippen molar-refractivity contribution in [2.75, 3.05) is 17.4 Å². The summed E-state index contributed by atoms with van der Waals surface area (Å²) in [5, 5.41) is 2.08. The van der Waals surface area contributed by atoms with Gasteiger partial charge < -0.3 is 10.3 Å². The molecule has 0 bridgehead atoms. The topological polar surface area (TPSA) is 67.1 Å². The van der Waals surface area contributed by atoms with Gasteiger partial charge in [0.1, 0.15) is 18.0 Å². The van der Waals surface area contributed by atoms with Crippen molar-refractivity contribution in [3.05, 3.63) is 34.3 Å². The molecule has 0 amide bonds. The monoisotopic (exact) mass is 263 g/mol. The first-order valence-corrected chi connectivity index (χ1v) is 6.68. The van der Waals surface area contributed by atoms with Crippen molar-refractivity contribution >= 4 is 23.0 Å². The molecule has 6 heteroatoms. The van der Waals surface area contributed by atoms with Gasteiger partial charge in [0.05, 0.1) is 6.54 Å². The third-order valence-corrected chi connectivity index (χ3v) is 3.61. The summed E-state index contributed by atoms with van der Waals surface area (Å²) in [5.74, 6) is 7.09. The second-order valence-electron chi connectivity index (χ2n) is 3.96. The van der Waals surface area contributed by atoms with E-state index in [1.165, 1.54) is 11.2 Å². The summed E-state index contributed by atoms with van der Waals surface area (Å²) < 4.78 is 0. The van der Waals surface area contributed by atoms with Crippen LogP contribution >= 0.6 is 11.3 Å². The molecule has 0 atom stereocenters. The Labute approximate surface area is 111 Å². The van der Waals surface area contributed by atoms with Crippen LogP contribution in [0.3, 0.4) is 0 Å². The highest BCUT2D eigenvalue weighted by molar-refractivity contribution is 7.09. The number of nitrogens with zero attached hydrogens (tertiary/aromatic N) is 3. The van der Waals surface area contributed by atoms with Gasteiger partial charge in [0.25, 0.3) is 0 Å². The van der Waals surface area contributed by atoms with E-state index >= 15 is 0 Å². The Balaban J connectivity index is 2.26. The van der Waals surface area contributed by atoms with Crippen molar-refractivity contribution in [1.29, 1.82) is 0 Å². The molecule has 96 valence electrons. The molecular weight excluding hydrogens is 246 g/mol. The number of hydrogen-bond acceptors (Lipinski definition) is 6. The predicted molar refractivity (Wildman–Crippen MR) is 75.6 cm³/mol. The fourth-order valence-corrected chi connectivity index (χ4v) is 2.65. The van der Waals surface area contributed by atoms with Crippen LogP contribution in [-0.4, -0.2) is 17.0 Å². The Morgan fingerprint density at radius 3 is 2.89 bits per heavy atom. The average Bonchev–Trinajstić information content (AvgIpc) is 2.90. The molecule has 0 unspecified atom stereocenters. The van der Waals surface area contributed by atoms with E-state index in [0.29, 0.717) is 5.82 Å². The minimum Gasteiger partial charge on any atom is -0.354 e. The first kappa shape index (κ1) is 12.8. The molecule has 0 aliphatic rings. The summed E-state index contributed by atoms with van der Waals surface area (Å²) in [5.41, 5.74) is 3.67. The Morgan fingerprint density at radius 1 is 1.44 bits per heavy atom. The molecule has 3 N–H and O–H groups in total. The maximum Gasteiger partial charge on any atom is 0.148 e. The largest absolute Gasteiger partial charge is 0.354 e. The molecule has 0 aliphatic heterocycles. The van der Waals surface area contributed by atoms with E-state index in [4.69, 9.17) is 5.84 Å². The third-order valence-electron chi connectivity index (χ3n) is 2.75. The molecule has 2 rings (SSSR count). The third kappa shape index (κ3) is 2.60. The first-order chi connectivity index (χ1) is 8.76. The van der Waals surface area contributed by atoms with Crippen LogP contribution < -0.4 is 16.2 Å². The van der Waals surface area contributed by atoms with Crippen LogP contribution in [0.4, 0.5) is 11.6 Å². The van der Waals surface area contributed by atoms with Crippen LogP contribution in [0.2, 0.25) is 0 Å². The van der Waals surface area contributed by atoms with Crippen LogP contribution in [-0.2, 0) is 13.0 Å². The van der Waals surface area contributed by atoms with Gasteiger partial charge in [0, 0.05) is 17.5 Å². The van der Waals surface area contributed by atoms with Crippen LogP contribution in [0.5, 0.6) is 0 Å².